The summed E-state index contributed by atoms with van der Waals surface area (Å²) >= 11 is 0. The van der Waals surface area contributed by atoms with Crippen LogP contribution in [0.3, 0.4) is 0 Å². The normalized spacial score (nSPS) is 14.4. The van der Waals surface area contributed by atoms with Crippen LogP contribution in [0, 0.1) is 0 Å². The zero-order valence-corrected chi connectivity index (χ0v) is 13.1. The van der Waals surface area contributed by atoms with Gasteiger partial charge in [-0.2, -0.15) is 0 Å². The zero-order valence-electron chi connectivity index (χ0n) is 13.1. The van der Waals surface area contributed by atoms with Crippen molar-refractivity contribution in [3.63, 3.8) is 0 Å². The molecule has 21 heavy (non-hydrogen) atoms. The second-order valence-corrected chi connectivity index (χ2v) is 6.13. The smallest absolute Gasteiger partial charge is 0.0620 e. The van der Waals surface area contributed by atoms with E-state index >= 15 is 0 Å². The van der Waals surface area contributed by atoms with Crippen molar-refractivity contribution in [2.45, 2.75) is 38.3 Å². The lowest BCUT2D eigenvalue weighted by molar-refractivity contribution is 0.150. The van der Waals surface area contributed by atoms with Gasteiger partial charge in [0, 0.05) is 17.5 Å². The molecule has 2 aromatic rings. The maximum Gasteiger partial charge on any atom is 0.0620 e. The maximum absolute atomic E-state index is 10.1. The molecule has 0 aromatic heterocycles. The lowest BCUT2D eigenvalue weighted by Gasteiger charge is -2.39. The summed E-state index contributed by atoms with van der Waals surface area (Å²) in [5.74, 6) is 0.104. The van der Waals surface area contributed by atoms with Crippen LogP contribution in [0.2, 0.25) is 0 Å². The molecule has 0 radical (unpaired) electrons. The summed E-state index contributed by atoms with van der Waals surface area (Å²) < 4.78 is 0. The summed E-state index contributed by atoms with van der Waals surface area (Å²) in [6.45, 7) is 6.40. The number of benzene rings is 2. The molecule has 2 aromatic carbocycles. The molecule has 0 amide bonds. The highest BCUT2D eigenvalue weighted by Crippen LogP contribution is 2.35. The summed E-state index contributed by atoms with van der Waals surface area (Å²) in [6, 6.07) is 21.1. The van der Waals surface area contributed by atoms with Crippen molar-refractivity contribution in [1.29, 1.82) is 0 Å². The number of hydrogen-bond acceptors (Lipinski definition) is 2. The quantitative estimate of drug-likeness (QED) is 0.849. The fraction of sp³-hybridized carbons (Fsp3) is 0.368. The van der Waals surface area contributed by atoms with Crippen molar-refractivity contribution in [2.24, 2.45) is 0 Å². The van der Waals surface area contributed by atoms with E-state index in [9.17, 15) is 5.11 Å². The molecule has 0 saturated carbocycles. The van der Waals surface area contributed by atoms with Crippen molar-refractivity contribution in [2.75, 3.05) is 6.61 Å². The molecule has 112 valence electrons. The number of rotatable bonds is 6. The third kappa shape index (κ3) is 3.72. The molecule has 0 heterocycles. The van der Waals surface area contributed by atoms with Crippen LogP contribution in [-0.2, 0) is 0 Å². The molecule has 2 N–H and O–H groups in total. The number of aliphatic hydroxyl groups is 1. The predicted molar refractivity (Wildman–Crippen MR) is 88.5 cm³/mol. The Morgan fingerprint density at radius 2 is 1.33 bits per heavy atom. The minimum atomic E-state index is -0.406. The SMILES string of the molecule is CC(C)NC(C)(CO)C(c1ccccc1)c1ccccc1. The van der Waals surface area contributed by atoms with Gasteiger partial charge in [-0.3, -0.25) is 0 Å². The van der Waals surface area contributed by atoms with Gasteiger partial charge in [0.15, 0.2) is 0 Å². The van der Waals surface area contributed by atoms with Gasteiger partial charge in [-0.1, -0.05) is 74.5 Å². The summed E-state index contributed by atoms with van der Waals surface area (Å²) in [4.78, 5) is 0. The average Bonchev–Trinajstić information content (AvgIpc) is 2.49. The minimum absolute atomic E-state index is 0.0830. The van der Waals surface area contributed by atoms with E-state index in [0.717, 1.165) is 0 Å². The van der Waals surface area contributed by atoms with Gasteiger partial charge in [0.2, 0.25) is 0 Å². The fourth-order valence-electron chi connectivity index (χ4n) is 3.10. The predicted octanol–water partition coefficient (Wildman–Crippen LogP) is 3.57. The van der Waals surface area contributed by atoms with Gasteiger partial charge in [-0.25, -0.2) is 0 Å². The molecule has 2 rings (SSSR count). The first-order valence-electron chi connectivity index (χ1n) is 7.55. The van der Waals surface area contributed by atoms with E-state index in [1.165, 1.54) is 11.1 Å². The highest BCUT2D eigenvalue weighted by atomic mass is 16.3. The number of aliphatic hydroxyl groups excluding tert-OH is 1. The lowest BCUT2D eigenvalue weighted by Crippen LogP contribution is -2.53. The maximum atomic E-state index is 10.1. The first-order valence-corrected chi connectivity index (χ1v) is 7.55. The van der Waals surface area contributed by atoms with E-state index in [4.69, 9.17) is 0 Å². The van der Waals surface area contributed by atoms with Crippen molar-refractivity contribution >= 4 is 0 Å². The Kier molecular flexibility index (Phi) is 5.16. The molecule has 0 aliphatic carbocycles. The van der Waals surface area contributed by atoms with Crippen LogP contribution in [0.25, 0.3) is 0 Å². The molecule has 2 nitrogen and oxygen atoms in total. The molecule has 2 heteroatoms. The van der Waals surface area contributed by atoms with Crippen molar-refractivity contribution in [3.05, 3.63) is 71.8 Å². The van der Waals surface area contributed by atoms with E-state index in [1.54, 1.807) is 0 Å². The van der Waals surface area contributed by atoms with Crippen molar-refractivity contribution in [1.82, 2.24) is 5.32 Å². The van der Waals surface area contributed by atoms with Crippen LogP contribution in [0.5, 0.6) is 0 Å². The Morgan fingerprint density at radius 1 is 0.905 bits per heavy atom. The standard InChI is InChI=1S/C19H25NO/c1-15(2)20-19(3,14-21)18(16-10-6-4-7-11-16)17-12-8-5-9-13-17/h4-13,15,18,20-21H,14H2,1-3H3. The van der Waals surface area contributed by atoms with Gasteiger partial charge in [-0.15, -0.1) is 0 Å². The molecule has 0 aliphatic rings. The Bertz CT molecular complexity index is 499. The first kappa shape index (κ1) is 15.7. The van der Waals surface area contributed by atoms with Gasteiger partial charge in [0.25, 0.3) is 0 Å². The Labute approximate surface area is 127 Å². The largest absolute Gasteiger partial charge is 0.394 e. The summed E-state index contributed by atoms with van der Waals surface area (Å²) in [5.41, 5.74) is 2.03. The second-order valence-electron chi connectivity index (χ2n) is 6.13. The summed E-state index contributed by atoms with van der Waals surface area (Å²) in [7, 11) is 0. The Hall–Kier alpha value is -1.64. The van der Waals surface area contributed by atoms with Gasteiger partial charge < -0.3 is 10.4 Å². The molecule has 1 atom stereocenters. The third-order valence-electron chi connectivity index (χ3n) is 3.85. The van der Waals surface area contributed by atoms with Gasteiger partial charge in [-0.05, 0) is 18.1 Å². The van der Waals surface area contributed by atoms with E-state index in [0.29, 0.717) is 6.04 Å². The van der Waals surface area contributed by atoms with Crippen molar-refractivity contribution in [3.8, 4) is 0 Å². The fourth-order valence-corrected chi connectivity index (χ4v) is 3.10. The van der Waals surface area contributed by atoms with Crippen LogP contribution >= 0.6 is 0 Å². The molecular weight excluding hydrogens is 258 g/mol. The summed E-state index contributed by atoms with van der Waals surface area (Å²) in [6.07, 6.45) is 0. The monoisotopic (exact) mass is 283 g/mol. The molecule has 0 fully saturated rings. The summed E-state index contributed by atoms with van der Waals surface area (Å²) in [5, 5.41) is 13.6. The van der Waals surface area contributed by atoms with Gasteiger partial charge >= 0.3 is 0 Å². The highest BCUT2D eigenvalue weighted by molar-refractivity contribution is 5.36. The molecule has 0 bridgehead atoms. The topological polar surface area (TPSA) is 32.3 Å². The van der Waals surface area contributed by atoms with Crippen LogP contribution in [0.15, 0.2) is 60.7 Å². The van der Waals surface area contributed by atoms with E-state index in [1.807, 2.05) is 12.1 Å². The van der Waals surface area contributed by atoms with Gasteiger partial charge in [0.1, 0.15) is 0 Å². The molecule has 0 saturated heterocycles. The molecule has 0 aliphatic heterocycles. The average molecular weight is 283 g/mol. The second kappa shape index (κ2) is 6.88. The van der Waals surface area contributed by atoms with Crippen LogP contribution < -0.4 is 5.32 Å². The van der Waals surface area contributed by atoms with E-state index < -0.39 is 5.54 Å². The zero-order chi connectivity index (χ0) is 15.3. The Balaban J connectivity index is 2.50. The van der Waals surface area contributed by atoms with E-state index in [2.05, 4.69) is 74.6 Å². The van der Waals surface area contributed by atoms with Crippen molar-refractivity contribution < 1.29 is 5.11 Å². The molecular formula is C19H25NO. The van der Waals surface area contributed by atoms with Crippen LogP contribution in [0.4, 0.5) is 0 Å². The highest BCUT2D eigenvalue weighted by Gasteiger charge is 2.36. The van der Waals surface area contributed by atoms with E-state index in [-0.39, 0.29) is 12.5 Å². The molecule has 1 unspecified atom stereocenters. The van der Waals surface area contributed by atoms with Crippen LogP contribution in [-0.4, -0.2) is 23.3 Å². The first-order chi connectivity index (χ1) is 10.1. The third-order valence-corrected chi connectivity index (χ3v) is 3.85. The number of nitrogens with one attached hydrogen (secondary N) is 1. The number of hydrogen-bond donors (Lipinski definition) is 2. The lowest BCUT2D eigenvalue weighted by atomic mass is 9.76. The molecule has 0 spiro atoms. The Morgan fingerprint density at radius 3 is 1.67 bits per heavy atom. The minimum Gasteiger partial charge on any atom is -0.394 e. The van der Waals surface area contributed by atoms with Gasteiger partial charge in [0.05, 0.1) is 6.61 Å². The van der Waals surface area contributed by atoms with Crippen LogP contribution in [0.1, 0.15) is 37.8 Å².